The molecule has 0 radical (unpaired) electrons. The maximum absolute atomic E-state index is 5.21. The van der Waals surface area contributed by atoms with Crippen molar-refractivity contribution in [3.63, 3.8) is 0 Å². The normalized spacial score (nSPS) is 15.4. The summed E-state index contributed by atoms with van der Waals surface area (Å²) in [6, 6.07) is 4.94. The summed E-state index contributed by atoms with van der Waals surface area (Å²) in [6.07, 6.45) is 4.46. The summed E-state index contributed by atoms with van der Waals surface area (Å²) >= 11 is 0. The van der Waals surface area contributed by atoms with Crippen molar-refractivity contribution >= 4 is 5.82 Å². The van der Waals surface area contributed by atoms with Gasteiger partial charge in [0.05, 0.1) is 6.61 Å². The Labute approximate surface area is 122 Å². The van der Waals surface area contributed by atoms with Gasteiger partial charge in [-0.05, 0) is 51.3 Å². The second kappa shape index (κ2) is 6.55. The Bertz CT molecular complexity index is 424. The molecule has 1 fully saturated rings. The van der Waals surface area contributed by atoms with Gasteiger partial charge in [0.2, 0.25) is 0 Å². The Morgan fingerprint density at radius 2 is 2.15 bits per heavy atom. The molecular formula is C16H27N3O. The Morgan fingerprint density at radius 1 is 1.40 bits per heavy atom. The van der Waals surface area contributed by atoms with Crippen LogP contribution in [-0.2, 0) is 11.3 Å². The van der Waals surface area contributed by atoms with Crippen LogP contribution >= 0.6 is 0 Å². The summed E-state index contributed by atoms with van der Waals surface area (Å²) in [4.78, 5) is 6.92. The van der Waals surface area contributed by atoms with E-state index in [-0.39, 0.29) is 5.54 Å². The van der Waals surface area contributed by atoms with Gasteiger partial charge in [-0.3, -0.25) is 0 Å². The third-order valence-corrected chi connectivity index (χ3v) is 3.45. The average molecular weight is 277 g/mol. The summed E-state index contributed by atoms with van der Waals surface area (Å²) in [7, 11) is 1.75. The summed E-state index contributed by atoms with van der Waals surface area (Å²) in [5, 5.41) is 3.52. The van der Waals surface area contributed by atoms with Gasteiger partial charge in [-0.2, -0.15) is 0 Å². The molecule has 20 heavy (non-hydrogen) atoms. The molecule has 0 unspecified atom stereocenters. The lowest BCUT2D eigenvalue weighted by Crippen LogP contribution is -2.35. The molecule has 1 N–H and O–H groups in total. The zero-order chi connectivity index (χ0) is 14.6. The highest BCUT2D eigenvalue weighted by Crippen LogP contribution is 2.30. The molecule has 0 atom stereocenters. The first kappa shape index (κ1) is 15.3. The molecule has 2 rings (SSSR count). The number of aromatic nitrogens is 1. The molecule has 0 spiro atoms. The molecule has 0 aromatic carbocycles. The van der Waals surface area contributed by atoms with Crippen LogP contribution in [0.2, 0.25) is 0 Å². The van der Waals surface area contributed by atoms with Crippen molar-refractivity contribution in [1.29, 1.82) is 0 Å². The molecule has 1 aliphatic rings. The van der Waals surface area contributed by atoms with Crippen LogP contribution in [0.1, 0.15) is 39.2 Å². The Balaban J connectivity index is 2.03. The van der Waals surface area contributed by atoms with Crippen molar-refractivity contribution in [3.8, 4) is 0 Å². The first-order valence-electron chi connectivity index (χ1n) is 7.45. The quantitative estimate of drug-likeness (QED) is 0.831. The van der Waals surface area contributed by atoms with E-state index in [1.807, 2.05) is 6.20 Å². The second-order valence-corrected chi connectivity index (χ2v) is 6.54. The number of nitrogens with zero attached hydrogens (tertiary/aromatic N) is 2. The smallest absolute Gasteiger partial charge is 0.129 e. The van der Waals surface area contributed by atoms with Crippen LogP contribution in [0.5, 0.6) is 0 Å². The number of methoxy groups -OCH3 is 1. The van der Waals surface area contributed by atoms with Gasteiger partial charge in [0.15, 0.2) is 0 Å². The average Bonchev–Trinajstić information content (AvgIpc) is 3.21. The minimum absolute atomic E-state index is 0.135. The van der Waals surface area contributed by atoms with Crippen LogP contribution in [-0.4, -0.2) is 36.8 Å². The number of anilines is 1. The van der Waals surface area contributed by atoms with Crippen molar-refractivity contribution in [2.75, 3.05) is 25.2 Å². The SMILES string of the molecule is COCCN(c1cc(CNC(C)(C)C)ccn1)C1CC1. The fourth-order valence-electron chi connectivity index (χ4n) is 2.15. The first-order chi connectivity index (χ1) is 9.49. The maximum Gasteiger partial charge on any atom is 0.129 e. The summed E-state index contributed by atoms with van der Waals surface area (Å²) in [6.45, 7) is 9.10. The van der Waals surface area contributed by atoms with E-state index < -0.39 is 0 Å². The molecule has 1 aliphatic carbocycles. The molecule has 4 heteroatoms. The standard InChI is InChI=1S/C16H27N3O/c1-16(2,3)18-12-13-7-8-17-15(11-13)19(9-10-20-4)14-5-6-14/h7-8,11,14,18H,5-6,9-10,12H2,1-4H3. The molecule has 0 saturated heterocycles. The molecule has 0 amide bonds. The first-order valence-corrected chi connectivity index (χ1v) is 7.45. The minimum atomic E-state index is 0.135. The van der Waals surface area contributed by atoms with E-state index in [4.69, 9.17) is 4.74 Å². The molecular weight excluding hydrogens is 250 g/mol. The van der Waals surface area contributed by atoms with E-state index in [1.165, 1.54) is 18.4 Å². The molecule has 1 heterocycles. The van der Waals surface area contributed by atoms with Gasteiger partial charge in [0.25, 0.3) is 0 Å². The van der Waals surface area contributed by atoms with Crippen LogP contribution < -0.4 is 10.2 Å². The van der Waals surface area contributed by atoms with Gasteiger partial charge in [-0.25, -0.2) is 4.98 Å². The molecule has 1 saturated carbocycles. The highest BCUT2D eigenvalue weighted by atomic mass is 16.5. The van der Waals surface area contributed by atoms with Crippen molar-refractivity contribution in [2.45, 2.75) is 51.7 Å². The number of hydrogen-bond acceptors (Lipinski definition) is 4. The molecule has 0 bridgehead atoms. The zero-order valence-electron chi connectivity index (χ0n) is 13.1. The van der Waals surface area contributed by atoms with Crippen LogP contribution in [0.3, 0.4) is 0 Å². The lowest BCUT2D eigenvalue weighted by Gasteiger charge is -2.24. The van der Waals surface area contributed by atoms with Gasteiger partial charge in [-0.1, -0.05) is 0 Å². The number of pyridine rings is 1. The molecule has 112 valence electrons. The number of rotatable bonds is 7. The van der Waals surface area contributed by atoms with Crippen molar-refractivity contribution in [2.24, 2.45) is 0 Å². The highest BCUT2D eigenvalue weighted by Gasteiger charge is 2.29. The largest absolute Gasteiger partial charge is 0.383 e. The zero-order valence-corrected chi connectivity index (χ0v) is 13.1. The van der Waals surface area contributed by atoms with E-state index in [9.17, 15) is 0 Å². The fraction of sp³-hybridized carbons (Fsp3) is 0.688. The van der Waals surface area contributed by atoms with Gasteiger partial charge < -0.3 is 15.0 Å². The summed E-state index contributed by atoms with van der Waals surface area (Å²) in [5.74, 6) is 1.08. The van der Waals surface area contributed by atoms with Crippen LogP contribution in [0.15, 0.2) is 18.3 Å². The lowest BCUT2D eigenvalue weighted by atomic mass is 10.1. The number of nitrogens with one attached hydrogen (secondary N) is 1. The van der Waals surface area contributed by atoms with Crippen LogP contribution in [0, 0.1) is 0 Å². The van der Waals surface area contributed by atoms with E-state index in [2.05, 4.69) is 48.1 Å². The van der Waals surface area contributed by atoms with E-state index in [1.54, 1.807) is 7.11 Å². The third kappa shape index (κ3) is 4.76. The second-order valence-electron chi connectivity index (χ2n) is 6.54. The predicted octanol–water partition coefficient (Wildman–Crippen LogP) is 2.58. The summed E-state index contributed by atoms with van der Waals surface area (Å²) < 4.78 is 5.21. The van der Waals surface area contributed by atoms with Gasteiger partial charge >= 0.3 is 0 Å². The fourth-order valence-corrected chi connectivity index (χ4v) is 2.15. The third-order valence-electron chi connectivity index (χ3n) is 3.45. The molecule has 1 aromatic rings. The van der Waals surface area contributed by atoms with Gasteiger partial charge in [0, 0.05) is 38.0 Å². The van der Waals surface area contributed by atoms with Crippen molar-refractivity contribution in [3.05, 3.63) is 23.9 Å². The van der Waals surface area contributed by atoms with Gasteiger partial charge in [-0.15, -0.1) is 0 Å². The maximum atomic E-state index is 5.21. The monoisotopic (exact) mass is 277 g/mol. The molecule has 4 nitrogen and oxygen atoms in total. The topological polar surface area (TPSA) is 37.4 Å². The lowest BCUT2D eigenvalue weighted by molar-refractivity contribution is 0.204. The van der Waals surface area contributed by atoms with E-state index >= 15 is 0 Å². The van der Waals surface area contributed by atoms with E-state index in [0.29, 0.717) is 6.04 Å². The summed E-state index contributed by atoms with van der Waals surface area (Å²) in [5.41, 5.74) is 1.42. The Kier molecular flexibility index (Phi) is 5.00. The highest BCUT2D eigenvalue weighted by molar-refractivity contribution is 5.43. The van der Waals surface area contributed by atoms with Crippen LogP contribution in [0.4, 0.5) is 5.82 Å². The minimum Gasteiger partial charge on any atom is -0.383 e. The van der Waals surface area contributed by atoms with Crippen molar-refractivity contribution < 1.29 is 4.74 Å². The number of ether oxygens (including phenoxy) is 1. The number of hydrogen-bond donors (Lipinski definition) is 1. The predicted molar refractivity (Wildman–Crippen MR) is 83.1 cm³/mol. The van der Waals surface area contributed by atoms with Gasteiger partial charge in [0.1, 0.15) is 5.82 Å². The molecule has 1 aromatic heterocycles. The Morgan fingerprint density at radius 3 is 2.75 bits per heavy atom. The molecule has 0 aliphatic heterocycles. The van der Waals surface area contributed by atoms with Crippen molar-refractivity contribution in [1.82, 2.24) is 10.3 Å². The van der Waals surface area contributed by atoms with E-state index in [0.717, 1.165) is 25.5 Å². The van der Waals surface area contributed by atoms with Crippen LogP contribution in [0.25, 0.3) is 0 Å². The Hall–Kier alpha value is -1.13.